The molecule has 1 amide bonds. The Morgan fingerprint density at radius 1 is 1.31 bits per heavy atom. The van der Waals surface area contributed by atoms with Crippen molar-refractivity contribution in [1.29, 1.82) is 0 Å². The fraction of sp³-hybridized carbons (Fsp3) is 0.321. The minimum Gasteiger partial charge on any atom is -0.486 e. The van der Waals surface area contributed by atoms with Gasteiger partial charge in [0, 0.05) is 41.7 Å². The first-order valence-electron chi connectivity index (χ1n) is 12.3. The van der Waals surface area contributed by atoms with Crippen LogP contribution in [-0.4, -0.2) is 60.2 Å². The number of alkyl halides is 3. The number of carbonyl (C=O) groups is 1. The lowest BCUT2D eigenvalue weighted by molar-refractivity contribution is -0.137. The molecule has 204 valence electrons. The molecule has 11 heteroatoms. The van der Waals surface area contributed by atoms with Gasteiger partial charge in [0.25, 0.3) is 0 Å². The quantitative estimate of drug-likeness (QED) is 0.293. The number of nitrogens with zero attached hydrogens (tertiary/aromatic N) is 3. The molecule has 1 aliphatic rings. The normalized spacial score (nSPS) is 15.6. The number of nitrogens with one attached hydrogen (secondary N) is 2. The highest BCUT2D eigenvalue weighted by Gasteiger charge is 2.33. The molecule has 1 unspecified atom stereocenters. The number of hydrogen-bond donors (Lipinski definition) is 2. The highest BCUT2D eigenvalue weighted by Crippen LogP contribution is 2.36. The highest BCUT2D eigenvalue weighted by molar-refractivity contribution is 6.03. The van der Waals surface area contributed by atoms with Crippen LogP contribution in [0.4, 0.5) is 30.4 Å². The number of carbonyl (C=O) groups excluding carboxylic acids is 1. The van der Waals surface area contributed by atoms with Crippen LogP contribution in [0.5, 0.6) is 5.75 Å². The van der Waals surface area contributed by atoms with E-state index in [2.05, 4.69) is 26.5 Å². The average molecular weight is 540 g/mol. The number of aromatic nitrogens is 2. The average Bonchev–Trinajstić information content (AvgIpc) is 3.41. The summed E-state index contributed by atoms with van der Waals surface area (Å²) in [5.74, 6) is 2.47. The third-order valence-corrected chi connectivity index (χ3v) is 6.15. The minimum atomic E-state index is -4.57. The molecule has 4 rings (SSSR count). The van der Waals surface area contributed by atoms with Gasteiger partial charge >= 0.3 is 6.18 Å². The first-order chi connectivity index (χ1) is 18.7. The Kier molecular flexibility index (Phi) is 8.69. The van der Waals surface area contributed by atoms with Gasteiger partial charge in [0.1, 0.15) is 24.0 Å². The van der Waals surface area contributed by atoms with Crippen molar-refractivity contribution in [2.75, 3.05) is 44.0 Å². The maximum atomic E-state index is 13.3. The van der Waals surface area contributed by atoms with Crippen molar-refractivity contribution in [2.24, 2.45) is 0 Å². The van der Waals surface area contributed by atoms with Crippen molar-refractivity contribution in [1.82, 2.24) is 14.9 Å². The van der Waals surface area contributed by atoms with Crippen molar-refractivity contribution in [3.05, 3.63) is 59.9 Å². The lowest BCUT2D eigenvalue weighted by atomic mass is 10.1. The van der Waals surface area contributed by atoms with Gasteiger partial charge in [0.05, 0.1) is 30.0 Å². The van der Waals surface area contributed by atoms with Crippen LogP contribution in [-0.2, 0) is 15.7 Å². The second-order valence-electron chi connectivity index (χ2n) is 8.97. The smallest absolute Gasteiger partial charge is 0.417 e. The summed E-state index contributed by atoms with van der Waals surface area (Å²) in [4.78, 5) is 23.3. The van der Waals surface area contributed by atoms with Gasteiger partial charge in [-0.2, -0.15) is 13.2 Å². The van der Waals surface area contributed by atoms with Gasteiger partial charge in [-0.3, -0.25) is 4.79 Å². The van der Waals surface area contributed by atoms with E-state index in [1.807, 2.05) is 18.9 Å². The fourth-order valence-electron chi connectivity index (χ4n) is 3.93. The Hall–Kier alpha value is -4.14. The van der Waals surface area contributed by atoms with Crippen molar-refractivity contribution >= 4 is 34.0 Å². The number of hydrogen-bond acceptors (Lipinski definition) is 7. The summed E-state index contributed by atoms with van der Waals surface area (Å²) >= 11 is 0. The fourth-order valence-corrected chi connectivity index (χ4v) is 3.93. The molecule has 1 fully saturated rings. The molecule has 1 saturated heterocycles. The molecule has 2 N–H and O–H groups in total. The van der Waals surface area contributed by atoms with Crippen LogP contribution in [0, 0.1) is 12.3 Å². The molecule has 0 saturated carbocycles. The lowest BCUT2D eigenvalue weighted by Crippen LogP contribution is -2.19. The van der Waals surface area contributed by atoms with Crippen LogP contribution in [0.1, 0.15) is 24.5 Å². The summed E-state index contributed by atoms with van der Waals surface area (Å²) in [6.07, 6.45) is 5.82. The van der Waals surface area contributed by atoms with Gasteiger partial charge in [0.2, 0.25) is 5.91 Å². The van der Waals surface area contributed by atoms with Gasteiger partial charge in [-0.05, 0) is 37.9 Å². The molecule has 0 spiro atoms. The standard InChI is InChI=1S/C28H28F3N5O3/c1-4-18-13-19(8-9-22(18)28(29,30)31)34-27-21-14-24(35-26(37)7-6-11-36(3)5-2)25(15-23(21)32-17-33-27)39-20-10-12-38-16-20/h1,6-9,13-15,17,20H,5,10-12,16H2,2-3H3,(H,35,37)(H,32,33,34). The summed E-state index contributed by atoms with van der Waals surface area (Å²) in [5.41, 5.74) is 0.0109. The van der Waals surface area contributed by atoms with E-state index in [4.69, 9.17) is 15.9 Å². The number of terminal acetylenes is 1. The molecule has 8 nitrogen and oxygen atoms in total. The maximum Gasteiger partial charge on any atom is 0.417 e. The van der Waals surface area contributed by atoms with E-state index < -0.39 is 11.7 Å². The van der Waals surface area contributed by atoms with Crippen molar-refractivity contribution < 1.29 is 27.4 Å². The molecule has 1 aliphatic heterocycles. The molecule has 39 heavy (non-hydrogen) atoms. The van der Waals surface area contributed by atoms with E-state index in [0.29, 0.717) is 60.0 Å². The third-order valence-electron chi connectivity index (χ3n) is 6.15. The topological polar surface area (TPSA) is 88.6 Å². The molecule has 0 radical (unpaired) electrons. The zero-order valence-corrected chi connectivity index (χ0v) is 21.5. The second-order valence-corrected chi connectivity index (χ2v) is 8.97. The molecule has 0 aliphatic carbocycles. The Labute approximate surface area is 224 Å². The summed E-state index contributed by atoms with van der Waals surface area (Å²) < 4.78 is 51.4. The van der Waals surface area contributed by atoms with E-state index >= 15 is 0 Å². The molecule has 2 heterocycles. The van der Waals surface area contributed by atoms with Crippen LogP contribution in [0.2, 0.25) is 0 Å². The minimum absolute atomic E-state index is 0.180. The van der Waals surface area contributed by atoms with Gasteiger partial charge in [-0.1, -0.05) is 18.9 Å². The van der Waals surface area contributed by atoms with Crippen molar-refractivity contribution in [2.45, 2.75) is 25.6 Å². The van der Waals surface area contributed by atoms with Gasteiger partial charge < -0.3 is 25.0 Å². The summed E-state index contributed by atoms with van der Waals surface area (Å²) in [7, 11) is 1.94. The largest absolute Gasteiger partial charge is 0.486 e. The third kappa shape index (κ3) is 7.04. The summed E-state index contributed by atoms with van der Waals surface area (Å²) in [6.45, 7) is 4.48. The zero-order valence-electron chi connectivity index (χ0n) is 21.5. The maximum absolute atomic E-state index is 13.3. The summed E-state index contributed by atoms with van der Waals surface area (Å²) in [5, 5.41) is 6.39. The number of benzene rings is 2. The molecular formula is C28H28F3N5O3. The first-order valence-corrected chi connectivity index (χ1v) is 12.3. The predicted octanol–water partition coefficient (Wildman–Crippen LogP) is 4.99. The van der Waals surface area contributed by atoms with E-state index in [-0.39, 0.29) is 17.6 Å². The number of amides is 1. The first kappa shape index (κ1) is 27.9. The molecular weight excluding hydrogens is 511 g/mol. The monoisotopic (exact) mass is 539 g/mol. The number of rotatable bonds is 9. The Morgan fingerprint density at radius 2 is 2.13 bits per heavy atom. The van der Waals surface area contributed by atoms with Crippen LogP contribution in [0.15, 0.2) is 48.8 Å². The predicted molar refractivity (Wildman–Crippen MR) is 143 cm³/mol. The number of likely N-dealkylation sites (N-methyl/N-ethyl adjacent to an activating group) is 1. The zero-order chi connectivity index (χ0) is 28.0. The van der Waals surface area contributed by atoms with Crippen LogP contribution in [0.25, 0.3) is 10.9 Å². The summed E-state index contributed by atoms with van der Waals surface area (Å²) in [6, 6.07) is 6.78. The molecule has 2 aromatic carbocycles. The van der Waals surface area contributed by atoms with Crippen LogP contribution < -0.4 is 15.4 Å². The van der Waals surface area contributed by atoms with E-state index in [1.165, 1.54) is 24.5 Å². The molecule has 0 bridgehead atoms. The Balaban J connectivity index is 1.68. The molecule has 1 atom stereocenters. The molecule has 3 aromatic rings. The second kappa shape index (κ2) is 12.1. The SMILES string of the molecule is C#Cc1cc(Nc2ncnc3cc(OC4CCOC4)c(NC(=O)C=CCN(C)CC)cc23)ccc1C(F)(F)F. The van der Waals surface area contributed by atoms with Gasteiger partial charge in [0.15, 0.2) is 0 Å². The number of ether oxygens (including phenoxy) is 2. The van der Waals surface area contributed by atoms with Crippen LogP contribution in [0.3, 0.4) is 0 Å². The van der Waals surface area contributed by atoms with E-state index in [1.54, 1.807) is 18.2 Å². The number of halogens is 3. The van der Waals surface area contributed by atoms with Crippen molar-refractivity contribution in [3.63, 3.8) is 0 Å². The van der Waals surface area contributed by atoms with Gasteiger partial charge in [-0.25, -0.2) is 9.97 Å². The Bertz CT molecular complexity index is 1410. The van der Waals surface area contributed by atoms with Crippen molar-refractivity contribution in [3.8, 4) is 18.1 Å². The van der Waals surface area contributed by atoms with Crippen LogP contribution >= 0.6 is 0 Å². The molecule has 1 aromatic heterocycles. The Morgan fingerprint density at radius 3 is 2.82 bits per heavy atom. The number of fused-ring (bicyclic) bond motifs is 1. The highest BCUT2D eigenvalue weighted by atomic mass is 19.4. The number of anilines is 3. The van der Waals surface area contributed by atoms with Gasteiger partial charge in [-0.15, -0.1) is 6.42 Å². The lowest BCUT2D eigenvalue weighted by Gasteiger charge is -2.18. The van der Waals surface area contributed by atoms with E-state index in [9.17, 15) is 18.0 Å². The van der Waals surface area contributed by atoms with E-state index in [0.717, 1.165) is 12.6 Å².